The molecule has 4 atom stereocenters. The van der Waals surface area contributed by atoms with Gasteiger partial charge in [-0.1, -0.05) is 6.07 Å². The monoisotopic (exact) mass is 714 g/mol. The Hall–Kier alpha value is -4.59. The summed E-state index contributed by atoms with van der Waals surface area (Å²) in [6.45, 7) is 3.71. The van der Waals surface area contributed by atoms with Crippen LogP contribution in [0.2, 0.25) is 0 Å². The molecule has 8 heterocycles. The van der Waals surface area contributed by atoms with E-state index < -0.39 is 5.82 Å². The zero-order chi connectivity index (χ0) is 35.0. The second kappa shape index (κ2) is 12.6. The molecular formula is C37H36ClFN6O6. The number of morpholine rings is 2. The summed E-state index contributed by atoms with van der Waals surface area (Å²) in [6.07, 6.45) is 9.80. The molecule has 4 unspecified atom stereocenters. The van der Waals surface area contributed by atoms with Crippen LogP contribution in [0.5, 0.6) is 0 Å². The summed E-state index contributed by atoms with van der Waals surface area (Å²) < 4.78 is 30.4. The predicted molar refractivity (Wildman–Crippen MR) is 185 cm³/mol. The van der Waals surface area contributed by atoms with Gasteiger partial charge in [-0.3, -0.25) is 18.8 Å². The standard InChI is InChI=1S/C30H26FN5O4.C7H10ClNO2/c31-18-9-17-13-34(30(39)35-14-19-4-5-20(15-35)40-19)8-7-33-16-22(21(10-18)29(17)33)27-24(37)11-25(38)28(27)23-12-32-26-3-1-2-6-36(23)26;8-7(10)9-3-5-1-2-6(4-9)11-5/h1-3,6,9-10,12,16,19-20H,4-5,7-8,11,13-15H2;5-6H,1-4H2. The van der Waals surface area contributed by atoms with Crippen LogP contribution in [0.3, 0.4) is 0 Å². The number of imidazole rings is 1. The first-order valence-electron chi connectivity index (χ1n) is 17.5. The van der Waals surface area contributed by atoms with E-state index in [9.17, 15) is 19.2 Å². The van der Waals surface area contributed by atoms with Gasteiger partial charge < -0.3 is 28.7 Å². The Morgan fingerprint density at radius 1 is 0.843 bits per heavy atom. The number of hydrogen-bond donors (Lipinski definition) is 0. The molecule has 5 aliphatic heterocycles. The van der Waals surface area contributed by atoms with E-state index in [1.165, 1.54) is 12.1 Å². The maximum absolute atomic E-state index is 15.1. The maximum Gasteiger partial charge on any atom is 0.320 e. The number of ketones is 2. The summed E-state index contributed by atoms with van der Waals surface area (Å²) in [6, 6.07) is 8.37. The minimum absolute atomic E-state index is 0.0576. The fourth-order valence-corrected chi connectivity index (χ4v) is 8.80. The molecule has 0 saturated carbocycles. The summed E-state index contributed by atoms with van der Waals surface area (Å²) in [7, 11) is 0. The number of allylic oxidation sites excluding steroid dienone is 2. The molecule has 10 rings (SSSR count). The number of Topliss-reactive ketones (excluding diaryl/α,β-unsaturated/α-hetero) is 2. The van der Waals surface area contributed by atoms with Crippen LogP contribution in [0, 0.1) is 5.82 Å². The van der Waals surface area contributed by atoms with Crippen LogP contribution < -0.4 is 0 Å². The molecule has 14 heteroatoms. The molecule has 1 aliphatic carbocycles. The van der Waals surface area contributed by atoms with Crippen LogP contribution in [0.15, 0.2) is 48.9 Å². The second-order valence-electron chi connectivity index (χ2n) is 14.2. The van der Waals surface area contributed by atoms with E-state index in [1.54, 1.807) is 20.4 Å². The number of likely N-dealkylation sites (tertiary alicyclic amines) is 2. The zero-order valence-electron chi connectivity index (χ0n) is 27.8. The number of hydrogen-bond acceptors (Lipinski definition) is 7. The number of carbonyl (C=O) groups is 4. The number of halogens is 2. The lowest BCUT2D eigenvalue weighted by Gasteiger charge is -2.35. The highest BCUT2D eigenvalue weighted by Crippen LogP contribution is 2.41. The third-order valence-electron chi connectivity index (χ3n) is 10.9. The number of fused-ring (bicyclic) bond motifs is 5. The molecule has 0 radical (unpaired) electrons. The number of carbonyl (C=O) groups excluding carboxylic acids is 4. The topological polar surface area (TPSA) is 119 Å². The number of amides is 3. The molecule has 0 spiro atoms. The van der Waals surface area contributed by atoms with Crippen molar-refractivity contribution >= 4 is 62.3 Å². The Kier molecular flexibility index (Phi) is 7.97. The van der Waals surface area contributed by atoms with Gasteiger partial charge in [0.05, 0.1) is 53.8 Å². The molecule has 4 saturated heterocycles. The molecule has 3 aromatic heterocycles. The Bertz CT molecular complexity index is 2140. The lowest BCUT2D eigenvalue weighted by Crippen LogP contribution is -2.51. The third-order valence-corrected chi connectivity index (χ3v) is 11.2. The van der Waals surface area contributed by atoms with Crippen LogP contribution >= 0.6 is 11.6 Å². The van der Waals surface area contributed by atoms with Crippen molar-refractivity contribution in [2.45, 2.75) is 69.6 Å². The van der Waals surface area contributed by atoms with E-state index >= 15 is 4.39 Å². The van der Waals surface area contributed by atoms with Crippen molar-refractivity contribution in [3.8, 4) is 0 Å². The van der Waals surface area contributed by atoms with E-state index in [-0.39, 0.29) is 60.3 Å². The van der Waals surface area contributed by atoms with Gasteiger partial charge in [0.2, 0.25) is 0 Å². The molecule has 4 aromatic rings. The quantitative estimate of drug-likeness (QED) is 0.165. The highest BCUT2D eigenvalue weighted by Gasteiger charge is 2.39. The molecule has 3 amide bonds. The third kappa shape index (κ3) is 5.71. The second-order valence-corrected chi connectivity index (χ2v) is 14.5. The van der Waals surface area contributed by atoms with E-state index in [4.69, 9.17) is 21.1 Å². The first kappa shape index (κ1) is 32.3. The first-order chi connectivity index (χ1) is 24.7. The Labute approximate surface area is 297 Å². The largest absolute Gasteiger partial charge is 0.371 e. The van der Waals surface area contributed by atoms with Crippen molar-refractivity contribution < 1.29 is 33.0 Å². The molecule has 4 fully saturated rings. The van der Waals surface area contributed by atoms with Gasteiger partial charge in [-0.05, 0) is 67.1 Å². The van der Waals surface area contributed by atoms with Gasteiger partial charge in [-0.25, -0.2) is 14.2 Å². The number of urea groups is 1. The summed E-state index contributed by atoms with van der Waals surface area (Å²) in [5.41, 5.74) is 3.82. The van der Waals surface area contributed by atoms with Crippen LogP contribution in [0.1, 0.15) is 48.9 Å². The summed E-state index contributed by atoms with van der Waals surface area (Å²) >= 11 is 5.35. The highest BCUT2D eigenvalue weighted by molar-refractivity contribution is 6.62. The summed E-state index contributed by atoms with van der Waals surface area (Å²) in [5.74, 6) is -1.01. The minimum Gasteiger partial charge on any atom is -0.371 e. The Balaban J connectivity index is 0.000000270. The van der Waals surface area contributed by atoms with Crippen LogP contribution in [0.25, 0.3) is 27.7 Å². The molecule has 4 bridgehead atoms. The number of rotatable bonds is 2. The van der Waals surface area contributed by atoms with E-state index in [0.29, 0.717) is 78.3 Å². The SMILES string of the molecule is O=C(Cl)N1CC2CCC(C1)O2.O=C1CC(=O)C(c2cnc3ccccn23)=C1c1cn2c3c(cc(F)cc13)CN(C(=O)N1CC3CCC(C1)O3)CC2. The lowest BCUT2D eigenvalue weighted by molar-refractivity contribution is -0.119. The number of ether oxygens (including phenoxy) is 2. The van der Waals surface area contributed by atoms with E-state index in [2.05, 4.69) is 4.98 Å². The molecule has 6 aliphatic rings. The molecule has 51 heavy (non-hydrogen) atoms. The van der Waals surface area contributed by atoms with Crippen molar-refractivity contribution in [1.82, 2.24) is 28.7 Å². The van der Waals surface area contributed by atoms with Crippen molar-refractivity contribution in [2.24, 2.45) is 0 Å². The number of benzene rings is 1. The fourth-order valence-electron chi connectivity index (χ4n) is 8.67. The van der Waals surface area contributed by atoms with E-state index in [1.807, 2.05) is 40.1 Å². The average Bonchev–Trinajstić information content (AvgIpc) is 3.90. The van der Waals surface area contributed by atoms with E-state index in [0.717, 1.165) is 31.2 Å². The Morgan fingerprint density at radius 3 is 2.20 bits per heavy atom. The van der Waals surface area contributed by atoms with Crippen LogP contribution in [-0.4, -0.2) is 109 Å². The van der Waals surface area contributed by atoms with Gasteiger partial charge in [-0.2, -0.15) is 0 Å². The molecule has 0 N–H and O–H groups in total. The molecule has 12 nitrogen and oxygen atoms in total. The van der Waals surface area contributed by atoms with Crippen molar-refractivity contribution in [3.05, 3.63) is 71.6 Å². The predicted octanol–water partition coefficient (Wildman–Crippen LogP) is 4.89. The van der Waals surface area contributed by atoms with Gasteiger partial charge >= 0.3 is 11.4 Å². The van der Waals surface area contributed by atoms with Gasteiger partial charge in [0.15, 0.2) is 11.6 Å². The smallest absolute Gasteiger partial charge is 0.320 e. The van der Waals surface area contributed by atoms with Gasteiger partial charge in [0.1, 0.15) is 11.5 Å². The number of aromatic nitrogens is 3. The summed E-state index contributed by atoms with van der Waals surface area (Å²) in [5, 5.41) is 0.225. The average molecular weight is 715 g/mol. The highest BCUT2D eigenvalue weighted by atomic mass is 35.5. The number of nitrogens with zero attached hydrogens (tertiary/aromatic N) is 6. The van der Waals surface area contributed by atoms with Crippen molar-refractivity contribution in [1.29, 1.82) is 0 Å². The molecular weight excluding hydrogens is 679 g/mol. The fraction of sp³-hybridized carbons (Fsp3) is 0.432. The maximum atomic E-state index is 15.1. The van der Waals surface area contributed by atoms with Crippen molar-refractivity contribution in [3.63, 3.8) is 0 Å². The Morgan fingerprint density at radius 2 is 1.51 bits per heavy atom. The molecule has 1 aromatic carbocycles. The van der Waals surface area contributed by atoms with Gasteiger partial charge in [0.25, 0.3) is 0 Å². The summed E-state index contributed by atoms with van der Waals surface area (Å²) in [4.78, 5) is 60.5. The van der Waals surface area contributed by atoms with Gasteiger partial charge in [0, 0.05) is 74.7 Å². The van der Waals surface area contributed by atoms with Crippen molar-refractivity contribution in [2.75, 3.05) is 32.7 Å². The first-order valence-corrected chi connectivity index (χ1v) is 17.9. The van der Waals surface area contributed by atoms with Gasteiger partial charge in [-0.15, -0.1) is 0 Å². The minimum atomic E-state index is -0.450. The zero-order valence-corrected chi connectivity index (χ0v) is 28.6. The number of pyridine rings is 1. The lowest BCUT2D eigenvalue weighted by atomic mass is 9.98. The van der Waals surface area contributed by atoms with Crippen LogP contribution in [0.4, 0.5) is 14.0 Å². The van der Waals surface area contributed by atoms with Crippen LogP contribution in [-0.2, 0) is 32.2 Å². The normalized spacial score (nSPS) is 25.6. The molecule has 264 valence electrons.